The number of aromatic nitrogens is 1. The molecule has 1 aromatic heterocycles. The van der Waals surface area contributed by atoms with Crippen LogP contribution in [0.5, 0.6) is 0 Å². The minimum atomic E-state index is -0.242. The van der Waals surface area contributed by atoms with Crippen LogP contribution in [0.25, 0.3) is 70.9 Å². The molecule has 0 unspecified atom stereocenters. The zero-order chi connectivity index (χ0) is 37.5. The first-order valence-electron chi connectivity index (χ1n) is 19.8. The van der Waals surface area contributed by atoms with Gasteiger partial charge in [-0.3, -0.25) is 0 Å². The quantitative estimate of drug-likeness (QED) is 0.176. The van der Waals surface area contributed by atoms with Gasteiger partial charge in [0.2, 0.25) is 0 Å². The van der Waals surface area contributed by atoms with Crippen molar-refractivity contribution in [2.24, 2.45) is 0 Å². The van der Waals surface area contributed by atoms with Crippen molar-refractivity contribution in [1.82, 2.24) is 4.57 Å². The molecule has 0 saturated heterocycles. The lowest BCUT2D eigenvalue weighted by atomic mass is 9.68. The second-order valence-corrected chi connectivity index (χ2v) is 17.0. The van der Waals surface area contributed by atoms with Crippen LogP contribution in [0.2, 0.25) is 0 Å². The molecule has 10 aromatic rings. The standard InChI is InChI=1S/C54H40N2/c1-53(2)46-21-12-22-47-52(46)56-50-44(29-38(30-48(50)53)43-20-11-18-35-15-9-10-19-42(35)43)45-31-41(32-49(51(45)56)54(47,3)4)55(39-25-23-33-13-5-7-16-36(33)27-39)40-26-24-34-14-6-8-17-37(34)28-40/h5-32H,1-4H3. The summed E-state index contributed by atoms with van der Waals surface area (Å²) in [5.41, 5.74) is 15.1. The number of hydrogen-bond acceptors (Lipinski definition) is 1. The van der Waals surface area contributed by atoms with Gasteiger partial charge in [-0.25, -0.2) is 0 Å². The Bertz CT molecular complexity index is 3240. The largest absolute Gasteiger partial charge is 0.310 e. The molecule has 2 heteroatoms. The van der Waals surface area contributed by atoms with Gasteiger partial charge < -0.3 is 9.47 Å². The molecule has 0 N–H and O–H groups in total. The summed E-state index contributed by atoms with van der Waals surface area (Å²) >= 11 is 0. The van der Waals surface area contributed by atoms with Crippen molar-refractivity contribution < 1.29 is 0 Å². The Kier molecular flexibility index (Phi) is 6.22. The lowest BCUT2D eigenvalue weighted by Gasteiger charge is -2.42. The fourth-order valence-electron chi connectivity index (χ4n) is 10.4. The van der Waals surface area contributed by atoms with Crippen LogP contribution in [0.15, 0.2) is 170 Å². The number of para-hydroxylation sites is 1. The smallest absolute Gasteiger partial charge is 0.0583 e. The Balaban J connectivity index is 1.23. The lowest BCUT2D eigenvalue weighted by molar-refractivity contribution is 0.594. The molecular weight excluding hydrogens is 677 g/mol. The fourth-order valence-corrected chi connectivity index (χ4v) is 10.4. The van der Waals surface area contributed by atoms with Crippen LogP contribution in [0, 0.1) is 0 Å². The normalized spacial score (nSPS) is 14.7. The number of rotatable bonds is 4. The first-order chi connectivity index (χ1) is 27.3. The highest BCUT2D eigenvalue weighted by Gasteiger charge is 2.44. The first kappa shape index (κ1) is 31.7. The van der Waals surface area contributed by atoms with Gasteiger partial charge in [-0.2, -0.15) is 0 Å². The molecule has 2 aliphatic rings. The molecule has 0 atom stereocenters. The van der Waals surface area contributed by atoms with E-state index in [-0.39, 0.29) is 10.8 Å². The highest BCUT2D eigenvalue weighted by Crippen LogP contribution is 2.57. The molecule has 9 aromatic carbocycles. The van der Waals surface area contributed by atoms with Crippen molar-refractivity contribution in [3.63, 3.8) is 0 Å². The minimum absolute atomic E-state index is 0.201. The van der Waals surface area contributed by atoms with Gasteiger partial charge in [0.1, 0.15) is 0 Å². The van der Waals surface area contributed by atoms with E-state index >= 15 is 0 Å². The van der Waals surface area contributed by atoms with E-state index in [4.69, 9.17) is 0 Å². The predicted molar refractivity (Wildman–Crippen MR) is 238 cm³/mol. The zero-order valence-corrected chi connectivity index (χ0v) is 32.1. The van der Waals surface area contributed by atoms with Gasteiger partial charge in [-0.15, -0.1) is 0 Å². The Morgan fingerprint density at radius 3 is 1.54 bits per heavy atom. The molecule has 0 amide bonds. The Labute approximate surface area is 326 Å². The zero-order valence-electron chi connectivity index (χ0n) is 32.1. The average Bonchev–Trinajstić information content (AvgIpc) is 3.56. The predicted octanol–water partition coefficient (Wildman–Crippen LogP) is 14.7. The maximum absolute atomic E-state index is 2.64. The van der Waals surface area contributed by atoms with Crippen molar-refractivity contribution in [3.8, 4) is 16.8 Å². The molecule has 0 aliphatic carbocycles. The van der Waals surface area contributed by atoms with Crippen molar-refractivity contribution in [2.45, 2.75) is 38.5 Å². The van der Waals surface area contributed by atoms with E-state index in [2.05, 4.69) is 207 Å². The summed E-state index contributed by atoms with van der Waals surface area (Å²) in [4.78, 5) is 2.49. The third kappa shape index (κ3) is 4.16. The summed E-state index contributed by atoms with van der Waals surface area (Å²) in [5, 5.41) is 10.1. The molecular formula is C54H40N2. The van der Waals surface area contributed by atoms with Crippen LogP contribution >= 0.6 is 0 Å². The third-order valence-electron chi connectivity index (χ3n) is 13.2. The SMILES string of the molecule is CC1(C)c2cccc3c2-n2c4c1cc(-c1cccc5ccccc15)cc4c1cc(N(c4ccc5ccccc5c4)c4ccc5ccccc5c4)cc(c12)C3(C)C. The number of benzene rings is 9. The van der Waals surface area contributed by atoms with Gasteiger partial charge in [0.05, 0.1) is 16.7 Å². The molecule has 0 saturated carbocycles. The van der Waals surface area contributed by atoms with Crippen LogP contribution in [-0.4, -0.2) is 4.57 Å². The second kappa shape index (κ2) is 11.0. The Hall–Kier alpha value is -6.64. The highest BCUT2D eigenvalue weighted by molar-refractivity contribution is 6.17. The van der Waals surface area contributed by atoms with Gasteiger partial charge in [0.25, 0.3) is 0 Å². The first-order valence-corrected chi connectivity index (χ1v) is 19.8. The van der Waals surface area contributed by atoms with Gasteiger partial charge in [-0.1, -0.05) is 149 Å². The summed E-state index contributed by atoms with van der Waals surface area (Å²) < 4.78 is 2.64. The number of fused-ring (bicyclic) bond motifs is 4. The monoisotopic (exact) mass is 716 g/mol. The van der Waals surface area contributed by atoms with E-state index in [1.54, 1.807) is 0 Å². The molecule has 12 rings (SSSR count). The molecule has 2 nitrogen and oxygen atoms in total. The van der Waals surface area contributed by atoms with Gasteiger partial charge in [0, 0.05) is 38.7 Å². The summed E-state index contributed by atoms with van der Waals surface area (Å²) in [6.45, 7) is 9.73. The van der Waals surface area contributed by atoms with E-state index < -0.39 is 0 Å². The van der Waals surface area contributed by atoms with Crippen molar-refractivity contribution in [3.05, 3.63) is 192 Å². The van der Waals surface area contributed by atoms with Crippen LogP contribution in [0.1, 0.15) is 49.9 Å². The van der Waals surface area contributed by atoms with Crippen molar-refractivity contribution in [1.29, 1.82) is 0 Å². The van der Waals surface area contributed by atoms with Crippen LogP contribution in [-0.2, 0) is 10.8 Å². The molecule has 0 radical (unpaired) electrons. The van der Waals surface area contributed by atoms with Crippen molar-refractivity contribution >= 4 is 71.2 Å². The van der Waals surface area contributed by atoms with Crippen molar-refractivity contribution in [2.75, 3.05) is 4.90 Å². The van der Waals surface area contributed by atoms with E-state index in [1.807, 2.05) is 0 Å². The summed E-state index contributed by atoms with van der Waals surface area (Å²) in [7, 11) is 0. The molecule has 266 valence electrons. The number of nitrogens with zero attached hydrogens (tertiary/aromatic N) is 2. The maximum atomic E-state index is 2.64. The van der Waals surface area contributed by atoms with Crippen LogP contribution < -0.4 is 4.90 Å². The number of hydrogen-bond donors (Lipinski definition) is 0. The molecule has 0 fully saturated rings. The van der Waals surface area contributed by atoms with E-state index in [1.165, 1.54) is 98.9 Å². The summed E-state index contributed by atoms with van der Waals surface area (Å²) in [6.07, 6.45) is 0. The molecule has 3 heterocycles. The average molecular weight is 717 g/mol. The molecule has 0 spiro atoms. The van der Waals surface area contributed by atoms with E-state index in [9.17, 15) is 0 Å². The Morgan fingerprint density at radius 2 is 0.893 bits per heavy atom. The summed E-state index contributed by atoms with van der Waals surface area (Å²) in [5.74, 6) is 0. The van der Waals surface area contributed by atoms with E-state index in [0.717, 1.165) is 11.4 Å². The topological polar surface area (TPSA) is 8.17 Å². The van der Waals surface area contributed by atoms with Crippen LogP contribution in [0.4, 0.5) is 17.1 Å². The second-order valence-electron chi connectivity index (χ2n) is 17.0. The highest BCUT2D eigenvalue weighted by atomic mass is 15.1. The fraction of sp³-hybridized carbons (Fsp3) is 0.111. The van der Waals surface area contributed by atoms with Crippen LogP contribution in [0.3, 0.4) is 0 Å². The minimum Gasteiger partial charge on any atom is -0.310 e. The molecule has 0 bridgehead atoms. The maximum Gasteiger partial charge on any atom is 0.0583 e. The van der Waals surface area contributed by atoms with E-state index in [0.29, 0.717) is 0 Å². The Morgan fingerprint density at radius 1 is 0.375 bits per heavy atom. The molecule has 56 heavy (non-hydrogen) atoms. The van der Waals surface area contributed by atoms with Gasteiger partial charge >= 0.3 is 0 Å². The van der Waals surface area contributed by atoms with Gasteiger partial charge in [0.15, 0.2) is 0 Å². The lowest BCUT2D eigenvalue weighted by Crippen LogP contribution is -2.33. The molecule has 2 aliphatic heterocycles. The number of anilines is 3. The third-order valence-corrected chi connectivity index (χ3v) is 13.2. The van der Waals surface area contributed by atoms with Gasteiger partial charge in [-0.05, 0) is 114 Å². The summed E-state index contributed by atoms with van der Waals surface area (Å²) in [6, 6.07) is 63.8.